The molecular weight excluding hydrogens is 148 g/mol. The topological polar surface area (TPSA) is 55.8 Å². The normalized spacial score (nSPS) is 30.6. The predicted octanol–water partition coefficient (Wildman–Crippen LogP) is 0.122. The largest absolute Gasteiger partial charge is 0.479 e. The van der Waals surface area contributed by atoms with Gasteiger partial charge in [-0.2, -0.15) is 0 Å². The molecule has 1 aliphatic heterocycles. The van der Waals surface area contributed by atoms with Crippen molar-refractivity contribution in [1.82, 2.24) is 0 Å². The molecule has 0 bridgehead atoms. The molecule has 0 aromatic heterocycles. The van der Waals surface area contributed by atoms with Crippen molar-refractivity contribution in [3.05, 3.63) is 0 Å². The van der Waals surface area contributed by atoms with Crippen LogP contribution in [0.4, 0.5) is 0 Å². The molecular formula is C7H12O4. The molecule has 0 saturated carbocycles. The molecule has 2 atom stereocenters. The number of hydrogen-bond donors (Lipinski definition) is 1. The first-order valence-electron chi connectivity index (χ1n) is 3.59. The molecule has 0 amide bonds. The number of methoxy groups -OCH3 is 1. The third-order valence-electron chi connectivity index (χ3n) is 1.84. The Morgan fingerprint density at radius 2 is 2.55 bits per heavy atom. The van der Waals surface area contributed by atoms with E-state index in [-0.39, 0.29) is 5.92 Å². The van der Waals surface area contributed by atoms with Crippen LogP contribution in [0.3, 0.4) is 0 Å². The Hall–Kier alpha value is -0.610. The standard InChI is InChI=1S/C7H12O4/c1-10-4-5-2-3-11-6(5)7(8)9/h5-6H,2-4H2,1H3,(H,8,9)/t5-,6-/m1/s1. The molecule has 1 aliphatic rings. The Kier molecular flexibility index (Phi) is 2.84. The van der Waals surface area contributed by atoms with Gasteiger partial charge in [0.1, 0.15) is 0 Å². The minimum absolute atomic E-state index is 0.0255. The van der Waals surface area contributed by atoms with Crippen LogP contribution in [0.2, 0.25) is 0 Å². The Labute approximate surface area is 65.1 Å². The third kappa shape index (κ3) is 1.91. The molecule has 1 saturated heterocycles. The highest BCUT2D eigenvalue weighted by molar-refractivity contribution is 5.73. The summed E-state index contributed by atoms with van der Waals surface area (Å²) in [7, 11) is 1.57. The van der Waals surface area contributed by atoms with E-state index in [1.807, 2.05) is 0 Å². The van der Waals surface area contributed by atoms with Crippen LogP contribution in [0.1, 0.15) is 6.42 Å². The maximum atomic E-state index is 10.5. The molecule has 4 heteroatoms. The summed E-state index contributed by atoms with van der Waals surface area (Å²) in [5, 5.41) is 8.63. The van der Waals surface area contributed by atoms with Crippen LogP contribution >= 0.6 is 0 Å². The average molecular weight is 160 g/mol. The summed E-state index contributed by atoms with van der Waals surface area (Å²) in [6, 6.07) is 0. The smallest absolute Gasteiger partial charge is 0.333 e. The fourth-order valence-electron chi connectivity index (χ4n) is 1.29. The minimum Gasteiger partial charge on any atom is -0.479 e. The molecule has 1 fully saturated rings. The second kappa shape index (κ2) is 3.69. The van der Waals surface area contributed by atoms with Gasteiger partial charge in [-0.3, -0.25) is 0 Å². The Morgan fingerprint density at radius 3 is 3.09 bits per heavy atom. The highest BCUT2D eigenvalue weighted by Gasteiger charge is 2.33. The first-order chi connectivity index (χ1) is 5.25. The summed E-state index contributed by atoms with van der Waals surface area (Å²) in [6.07, 6.45) is 0.125. The summed E-state index contributed by atoms with van der Waals surface area (Å²) in [5.41, 5.74) is 0. The lowest BCUT2D eigenvalue weighted by molar-refractivity contribution is -0.150. The number of carboxylic acids is 1. The van der Waals surface area contributed by atoms with Gasteiger partial charge in [0.05, 0.1) is 6.61 Å². The Bertz CT molecular complexity index is 145. The summed E-state index contributed by atoms with van der Waals surface area (Å²) in [4.78, 5) is 10.5. The summed E-state index contributed by atoms with van der Waals surface area (Å²) >= 11 is 0. The Balaban J connectivity index is 2.44. The van der Waals surface area contributed by atoms with E-state index < -0.39 is 12.1 Å². The number of hydrogen-bond acceptors (Lipinski definition) is 3. The van der Waals surface area contributed by atoms with Crippen LogP contribution in [0.25, 0.3) is 0 Å². The summed E-state index contributed by atoms with van der Waals surface area (Å²) in [5.74, 6) is -0.859. The van der Waals surface area contributed by atoms with Crippen LogP contribution in [-0.2, 0) is 14.3 Å². The highest BCUT2D eigenvalue weighted by atomic mass is 16.5. The third-order valence-corrected chi connectivity index (χ3v) is 1.84. The van der Waals surface area contributed by atoms with Gasteiger partial charge in [0.2, 0.25) is 0 Å². The first-order valence-corrected chi connectivity index (χ1v) is 3.59. The molecule has 0 aromatic rings. The van der Waals surface area contributed by atoms with Crippen molar-refractivity contribution in [1.29, 1.82) is 0 Å². The van der Waals surface area contributed by atoms with Gasteiger partial charge < -0.3 is 14.6 Å². The number of rotatable bonds is 3. The van der Waals surface area contributed by atoms with Gasteiger partial charge in [-0.1, -0.05) is 0 Å². The maximum absolute atomic E-state index is 10.5. The second-order valence-corrected chi connectivity index (χ2v) is 2.63. The fraction of sp³-hybridized carbons (Fsp3) is 0.857. The van der Waals surface area contributed by atoms with Gasteiger partial charge in [0, 0.05) is 19.6 Å². The number of carboxylic acid groups (broad SMARTS) is 1. The number of carbonyl (C=O) groups is 1. The van der Waals surface area contributed by atoms with Crippen molar-refractivity contribution in [2.45, 2.75) is 12.5 Å². The van der Waals surface area contributed by atoms with E-state index in [1.54, 1.807) is 7.11 Å². The molecule has 4 nitrogen and oxygen atoms in total. The Morgan fingerprint density at radius 1 is 1.82 bits per heavy atom. The maximum Gasteiger partial charge on any atom is 0.333 e. The quantitative estimate of drug-likeness (QED) is 0.637. The molecule has 0 spiro atoms. The van der Waals surface area contributed by atoms with Crippen LogP contribution in [0.5, 0.6) is 0 Å². The molecule has 0 unspecified atom stereocenters. The van der Waals surface area contributed by atoms with Gasteiger partial charge >= 0.3 is 5.97 Å². The van der Waals surface area contributed by atoms with Gasteiger partial charge in [-0.15, -0.1) is 0 Å². The van der Waals surface area contributed by atoms with Crippen LogP contribution < -0.4 is 0 Å². The molecule has 1 rings (SSSR count). The second-order valence-electron chi connectivity index (χ2n) is 2.63. The van der Waals surface area contributed by atoms with Gasteiger partial charge in [-0.05, 0) is 6.42 Å². The lowest BCUT2D eigenvalue weighted by Crippen LogP contribution is -2.28. The summed E-state index contributed by atoms with van der Waals surface area (Å²) < 4.78 is 9.86. The van der Waals surface area contributed by atoms with E-state index in [0.717, 1.165) is 6.42 Å². The van der Waals surface area contributed by atoms with E-state index in [9.17, 15) is 4.79 Å². The lowest BCUT2D eigenvalue weighted by Gasteiger charge is -2.12. The predicted molar refractivity (Wildman–Crippen MR) is 37.4 cm³/mol. The minimum atomic E-state index is -0.885. The number of aliphatic carboxylic acids is 1. The van der Waals surface area contributed by atoms with Crippen molar-refractivity contribution in [2.75, 3.05) is 20.3 Å². The van der Waals surface area contributed by atoms with Gasteiger partial charge in [0.25, 0.3) is 0 Å². The molecule has 64 valence electrons. The van der Waals surface area contributed by atoms with E-state index >= 15 is 0 Å². The molecule has 1 N–H and O–H groups in total. The molecule has 11 heavy (non-hydrogen) atoms. The lowest BCUT2D eigenvalue weighted by atomic mass is 10.0. The molecule has 0 radical (unpaired) electrons. The monoisotopic (exact) mass is 160 g/mol. The van der Waals surface area contributed by atoms with Crippen molar-refractivity contribution < 1.29 is 19.4 Å². The fourth-order valence-corrected chi connectivity index (χ4v) is 1.29. The molecule has 1 heterocycles. The van der Waals surface area contributed by atoms with Crippen molar-refractivity contribution in [2.24, 2.45) is 5.92 Å². The van der Waals surface area contributed by atoms with E-state index in [4.69, 9.17) is 14.6 Å². The van der Waals surface area contributed by atoms with Crippen molar-refractivity contribution in [3.63, 3.8) is 0 Å². The van der Waals surface area contributed by atoms with Crippen LogP contribution in [0, 0.1) is 5.92 Å². The zero-order chi connectivity index (χ0) is 8.27. The van der Waals surface area contributed by atoms with E-state index in [2.05, 4.69) is 0 Å². The van der Waals surface area contributed by atoms with Crippen LogP contribution in [-0.4, -0.2) is 37.5 Å². The molecule has 0 aliphatic carbocycles. The zero-order valence-electron chi connectivity index (χ0n) is 6.45. The van der Waals surface area contributed by atoms with Gasteiger partial charge in [-0.25, -0.2) is 4.79 Å². The van der Waals surface area contributed by atoms with Gasteiger partial charge in [0.15, 0.2) is 6.10 Å². The first kappa shape index (κ1) is 8.49. The zero-order valence-corrected chi connectivity index (χ0v) is 6.45. The van der Waals surface area contributed by atoms with Crippen LogP contribution in [0.15, 0.2) is 0 Å². The van der Waals surface area contributed by atoms with E-state index in [1.165, 1.54) is 0 Å². The number of ether oxygens (including phenoxy) is 2. The SMILES string of the molecule is COC[C@H]1CCO[C@H]1C(=O)O. The van der Waals surface area contributed by atoms with Crippen molar-refractivity contribution >= 4 is 5.97 Å². The molecule has 0 aromatic carbocycles. The average Bonchev–Trinajstić information content (AvgIpc) is 2.36. The highest BCUT2D eigenvalue weighted by Crippen LogP contribution is 2.20. The summed E-state index contributed by atoms with van der Waals surface area (Å²) in [6.45, 7) is 1.00. The van der Waals surface area contributed by atoms with E-state index in [0.29, 0.717) is 13.2 Å². The van der Waals surface area contributed by atoms with Crippen molar-refractivity contribution in [3.8, 4) is 0 Å².